The third-order valence-corrected chi connectivity index (χ3v) is 7.56. The minimum atomic E-state index is -0.828. The molecule has 1 aromatic rings. The third-order valence-electron chi connectivity index (χ3n) is 7.56. The lowest BCUT2D eigenvalue weighted by molar-refractivity contribution is -0.141. The van der Waals surface area contributed by atoms with Gasteiger partial charge in [-0.05, 0) is 70.3 Å². The van der Waals surface area contributed by atoms with E-state index in [1.807, 2.05) is 4.90 Å². The first-order chi connectivity index (χ1) is 16.0. The summed E-state index contributed by atoms with van der Waals surface area (Å²) in [6.07, 6.45) is 8.20. The zero-order valence-corrected chi connectivity index (χ0v) is 20.6. The molecule has 33 heavy (non-hydrogen) atoms. The van der Waals surface area contributed by atoms with E-state index in [0.717, 1.165) is 51.5 Å². The van der Waals surface area contributed by atoms with E-state index in [0.29, 0.717) is 49.9 Å². The first kappa shape index (κ1) is 25.5. The van der Waals surface area contributed by atoms with Gasteiger partial charge in [0.15, 0.2) is 0 Å². The van der Waals surface area contributed by atoms with Crippen molar-refractivity contribution in [2.75, 3.05) is 33.3 Å². The number of rotatable bonds is 9. The molecule has 0 radical (unpaired) electrons. The number of piperidine rings is 2. The molecule has 2 aliphatic rings. The van der Waals surface area contributed by atoms with Crippen molar-refractivity contribution in [1.82, 2.24) is 9.80 Å². The van der Waals surface area contributed by atoms with E-state index in [2.05, 4.69) is 31.9 Å². The first-order valence-corrected chi connectivity index (χ1v) is 12.8. The van der Waals surface area contributed by atoms with E-state index >= 15 is 0 Å². The maximum Gasteiger partial charge on any atom is 0.227 e. The smallest absolute Gasteiger partial charge is 0.227 e. The highest BCUT2D eigenvalue weighted by Crippen LogP contribution is 2.41. The lowest BCUT2D eigenvalue weighted by atomic mass is 9.73. The minimum Gasteiger partial charge on any atom is -0.493 e. The van der Waals surface area contributed by atoms with Gasteiger partial charge in [0, 0.05) is 24.7 Å². The van der Waals surface area contributed by atoms with Crippen LogP contribution >= 0.6 is 0 Å². The van der Waals surface area contributed by atoms with E-state index in [4.69, 9.17) is 4.74 Å². The molecule has 2 aliphatic heterocycles. The van der Waals surface area contributed by atoms with Crippen LogP contribution in [-0.4, -0.2) is 55.0 Å². The summed E-state index contributed by atoms with van der Waals surface area (Å²) in [6, 6.07) is 7.30. The van der Waals surface area contributed by atoms with Crippen LogP contribution in [0.15, 0.2) is 18.2 Å². The van der Waals surface area contributed by atoms with Crippen LogP contribution in [0, 0.1) is 23.1 Å². The SMILES string of the molecule is CCCCCOc1ccc(F)cc1C1(C#N)CCN(C(=O)C2CCCN(C)C2CCC)CC1. The Kier molecular flexibility index (Phi) is 9.14. The fourth-order valence-corrected chi connectivity index (χ4v) is 5.55. The minimum absolute atomic E-state index is 0.0323. The lowest BCUT2D eigenvalue weighted by Gasteiger charge is -2.43. The molecule has 0 N–H and O–H groups in total. The summed E-state index contributed by atoms with van der Waals surface area (Å²) in [5, 5.41) is 10.2. The van der Waals surface area contributed by atoms with Crippen molar-refractivity contribution in [2.45, 2.75) is 83.1 Å². The molecular formula is C27H40FN3O2. The van der Waals surface area contributed by atoms with Crippen LogP contribution in [-0.2, 0) is 10.2 Å². The van der Waals surface area contributed by atoms with Crippen LogP contribution in [0.3, 0.4) is 0 Å². The largest absolute Gasteiger partial charge is 0.493 e. The van der Waals surface area contributed by atoms with Crippen LogP contribution < -0.4 is 4.74 Å². The van der Waals surface area contributed by atoms with Crippen molar-refractivity contribution in [1.29, 1.82) is 5.26 Å². The Morgan fingerprint density at radius 2 is 1.97 bits per heavy atom. The molecular weight excluding hydrogens is 417 g/mol. The second-order valence-electron chi connectivity index (χ2n) is 9.80. The van der Waals surface area contributed by atoms with Crippen molar-refractivity contribution in [2.24, 2.45) is 5.92 Å². The van der Waals surface area contributed by atoms with Crippen molar-refractivity contribution in [3.05, 3.63) is 29.6 Å². The van der Waals surface area contributed by atoms with Crippen LogP contribution in [0.5, 0.6) is 5.75 Å². The topological polar surface area (TPSA) is 56.6 Å². The third kappa shape index (κ3) is 5.87. The molecule has 5 nitrogen and oxygen atoms in total. The molecule has 6 heteroatoms. The van der Waals surface area contributed by atoms with Gasteiger partial charge in [-0.25, -0.2) is 4.39 Å². The highest BCUT2D eigenvalue weighted by Gasteiger charge is 2.43. The quantitative estimate of drug-likeness (QED) is 0.473. The highest BCUT2D eigenvalue weighted by molar-refractivity contribution is 5.80. The Labute approximate surface area is 198 Å². The standard InChI is InChI=1S/C27H40FN3O2/c1-4-6-7-18-33-25-12-11-21(28)19-23(25)27(20-29)13-16-31(17-14-27)26(32)22-10-8-15-30(3)24(22)9-5-2/h11-12,19,22,24H,4-10,13-18H2,1-3H3. The fourth-order valence-electron chi connectivity index (χ4n) is 5.55. The van der Waals surface area contributed by atoms with Gasteiger partial charge < -0.3 is 14.5 Å². The van der Waals surface area contributed by atoms with Crippen LogP contribution in [0.2, 0.25) is 0 Å². The number of nitrogens with zero attached hydrogens (tertiary/aromatic N) is 3. The van der Waals surface area contributed by atoms with Crippen molar-refractivity contribution in [3.8, 4) is 11.8 Å². The Balaban J connectivity index is 1.73. The summed E-state index contributed by atoms with van der Waals surface area (Å²) < 4.78 is 20.2. The molecule has 2 fully saturated rings. The first-order valence-electron chi connectivity index (χ1n) is 12.8. The molecule has 2 heterocycles. The van der Waals surface area contributed by atoms with Gasteiger partial charge in [-0.2, -0.15) is 5.26 Å². The lowest BCUT2D eigenvalue weighted by Crippen LogP contribution is -2.53. The molecule has 3 rings (SSSR count). The number of carbonyl (C=O) groups is 1. The van der Waals surface area contributed by atoms with Crippen LogP contribution in [0.1, 0.15) is 77.2 Å². The number of benzene rings is 1. The summed E-state index contributed by atoms with van der Waals surface area (Å²) in [4.78, 5) is 17.8. The average Bonchev–Trinajstić information content (AvgIpc) is 2.83. The zero-order valence-electron chi connectivity index (χ0n) is 20.6. The number of hydrogen-bond acceptors (Lipinski definition) is 4. The van der Waals surface area contributed by atoms with Crippen molar-refractivity contribution < 1.29 is 13.9 Å². The normalized spacial score (nSPS) is 23.2. The molecule has 2 unspecified atom stereocenters. The molecule has 0 bridgehead atoms. The molecule has 0 aromatic heterocycles. The van der Waals surface area contributed by atoms with Crippen LogP contribution in [0.4, 0.5) is 4.39 Å². The number of halogens is 1. The second-order valence-corrected chi connectivity index (χ2v) is 9.80. The number of nitriles is 1. The number of hydrogen-bond donors (Lipinski definition) is 0. The molecule has 1 amide bonds. The predicted octanol–water partition coefficient (Wildman–Crippen LogP) is 5.29. The second kappa shape index (κ2) is 11.8. The van der Waals surface area contributed by atoms with Gasteiger partial charge in [-0.3, -0.25) is 4.79 Å². The Bertz CT molecular complexity index is 829. The van der Waals surface area contributed by atoms with Gasteiger partial charge in [0.1, 0.15) is 11.6 Å². The number of unbranched alkanes of at least 4 members (excludes halogenated alkanes) is 2. The molecule has 2 atom stereocenters. The molecule has 0 saturated carbocycles. The monoisotopic (exact) mass is 457 g/mol. The van der Waals surface area contributed by atoms with Crippen molar-refractivity contribution >= 4 is 5.91 Å². The van der Waals surface area contributed by atoms with E-state index in [1.165, 1.54) is 12.1 Å². The van der Waals surface area contributed by atoms with Gasteiger partial charge in [0.25, 0.3) is 0 Å². The van der Waals surface area contributed by atoms with E-state index in [9.17, 15) is 14.4 Å². The molecule has 0 spiro atoms. The van der Waals surface area contributed by atoms with Gasteiger partial charge >= 0.3 is 0 Å². The van der Waals surface area contributed by atoms with Gasteiger partial charge in [0.2, 0.25) is 5.91 Å². The summed E-state index contributed by atoms with van der Waals surface area (Å²) in [7, 11) is 2.13. The number of carbonyl (C=O) groups excluding carboxylic acids is 1. The number of likely N-dealkylation sites (tertiary alicyclic amines) is 2. The Morgan fingerprint density at radius 1 is 1.21 bits per heavy atom. The van der Waals surface area contributed by atoms with E-state index in [-0.39, 0.29) is 17.6 Å². The molecule has 182 valence electrons. The Morgan fingerprint density at radius 3 is 2.64 bits per heavy atom. The van der Waals surface area contributed by atoms with Gasteiger partial charge in [-0.1, -0.05) is 33.1 Å². The Hall–Kier alpha value is -2.13. The fraction of sp³-hybridized carbons (Fsp3) is 0.704. The summed E-state index contributed by atoms with van der Waals surface area (Å²) in [5.74, 6) is 0.504. The predicted molar refractivity (Wildman–Crippen MR) is 129 cm³/mol. The van der Waals surface area contributed by atoms with Crippen LogP contribution in [0.25, 0.3) is 0 Å². The summed E-state index contributed by atoms with van der Waals surface area (Å²) in [5.41, 5.74) is -0.194. The number of ether oxygens (including phenoxy) is 1. The number of amides is 1. The highest BCUT2D eigenvalue weighted by atomic mass is 19.1. The van der Waals surface area contributed by atoms with E-state index in [1.54, 1.807) is 6.07 Å². The molecule has 0 aliphatic carbocycles. The maximum atomic E-state index is 14.2. The molecule has 1 aromatic carbocycles. The summed E-state index contributed by atoms with van der Waals surface area (Å²) >= 11 is 0. The van der Waals surface area contributed by atoms with Gasteiger partial charge in [-0.15, -0.1) is 0 Å². The molecule has 2 saturated heterocycles. The summed E-state index contributed by atoms with van der Waals surface area (Å²) in [6.45, 7) is 6.97. The van der Waals surface area contributed by atoms with Crippen molar-refractivity contribution in [3.63, 3.8) is 0 Å². The van der Waals surface area contributed by atoms with Gasteiger partial charge in [0.05, 0.1) is 24.0 Å². The zero-order chi connectivity index (χ0) is 23.8. The maximum absolute atomic E-state index is 14.2. The average molecular weight is 458 g/mol. The van der Waals surface area contributed by atoms with E-state index < -0.39 is 5.41 Å².